The van der Waals surface area contributed by atoms with E-state index in [1.807, 2.05) is 32.2 Å². The van der Waals surface area contributed by atoms with Crippen LogP contribution in [0.4, 0.5) is 0 Å². The first-order valence-electron chi connectivity index (χ1n) is 7.81. The molecule has 0 unspecified atom stereocenters. The molecule has 0 aliphatic heterocycles. The summed E-state index contributed by atoms with van der Waals surface area (Å²) in [7, 11) is 0. The van der Waals surface area contributed by atoms with Gasteiger partial charge in [-0.3, -0.25) is 4.79 Å². The summed E-state index contributed by atoms with van der Waals surface area (Å²) in [5.41, 5.74) is 1.40. The van der Waals surface area contributed by atoms with Gasteiger partial charge in [0.2, 0.25) is 0 Å². The molecule has 0 saturated heterocycles. The van der Waals surface area contributed by atoms with Gasteiger partial charge in [-0.15, -0.1) is 11.8 Å². The standard InChI is InChI=1S/C20H20O4S/c1-13(2)24-19-12-16(20(22)23)5-4-15(19)8-11-18(21)14-6-9-17(25-3)10-7-14/h4-13H,1-3H3,(H,22,23)/b11-8+. The van der Waals surface area contributed by atoms with Gasteiger partial charge in [0.15, 0.2) is 5.78 Å². The second kappa shape index (κ2) is 8.53. The van der Waals surface area contributed by atoms with Crippen molar-refractivity contribution in [2.24, 2.45) is 0 Å². The van der Waals surface area contributed by atoms with Crippen LogP contribution < -0.4 is 4.74 Å². The number of rotatable bonds is 7. The fourth-order valence-corrected chi connectivity index (χ4v) is 2.59. The minimum atomic E-state index is -1.02. The average molecular weight is 356 g/mol. The van der Waals surface area contributed by atoms with Crippen molar-refractivity contribution in [1.82, 2.24) is 0 Å². The Morgan fingerprint density at radius 1 is 1.08 bits per heavy atom. The van der Waals surface area contributed by atoms with Crippen LogP contribution in [-0.2, 0) is 0 Å². The number of hydrogen-bond acceptors (Lipinski definition) is 4. The monoisotopic (exact) mass is 356 g/mol. The van der Waals surface area contributed by atoms with Gasteiger partial charge in [-0.05, 0) is 68.7 Å². The zero-order chi connectivity index (χ0) is 18.4. The van der Waals surface area contributed by atoms with Crippen LogP contribution in [0.2, 0.25) is 0 Å². The van der Waals surface area contributed by atoms with Gasteiger partial charge in [0.05, 0.1) is 11.7 Å². The van der Waals surface area contributed by atoms with Gasteiger partial charge in [-0.25, -0.2) is 4.79 Å². The van der Waals surface area contributed by atoms with Gasteiger partial charge in [0, 0.05) is 16.0 Å². The molecule has 2 aromatic carbocycles. The number of carboxylic acid groups (broad SMARTS) is 1. The van der Waals surface area contributed by atoms with E-state index in [9.17, 15) is 9.59 Å². The number of carboxylic acids is 1. The highest BCUT2D eigenvalue weighted by atomic mass is 32.2. The Hall–Kier alpha value is -2.53. The molecular weight excluding hydrogens is 336 g/mol. The number of hydrogen-bond donors (Lipinski definition) is 1. The van der Waals surface area contributed by atoms with Crippen LogP contribution in [0.25, 0.3) is 6.08 Å². The third-order valence-electron chi connectivity index (χ3n) is 3.41. The van der Waals surface area contributed by atoms with Gasteiger partial charge in [-0.2, -0.15) is 0 Å². The molecule has 2 rings (SSSR count). The summed E-state index contributed by atoms with van der Waals surface area (Å²) in [6, 6.07) is 12.0. The molecule has 0 aliphatic carbocycles. The normalized spacial score (nSPS) is 11.0. The lowest BCUT2D eigenvalue weighted by molar-refractivity contribution is 0.0696. The van der Waals surface area contributed by atoms with Crippen LogP contribution in [0, 0.1) is 0 Å². The minimum Gasteiger partial charge on any atom is -0.490 e. The summed E-state index contributed by atoms with van der Waals surface area (Å²) in [6.07, 6.45) is 4.99. The molecule has 0 radical (unpaired) electrons. The molecule has 0 aliphatic rings. The number of ketones is 1. The Labute approximate surface area is 151 Å². The number of ether oxygens (including phenoxy) is 1. The molecule has 0 atom stereocenters. The number of aromatic carboxylic acids is 1. The molecule has 0 saturated carbocycles. The van der Waals surface area contributed by atoms with Crippen molar-refractivity contribution in [1.29, 1.82) is 0 Å². The third-order valence-corrected chi connectivity index (χ3v) is 4.16. The van der Waals surface area contributed by atoms with E-state index < -0.39 is 5.97 Å². The molecule has 1 N–H and O–H groups in total. The first-order valence-corrected chi connectivity index (χ1v) is 9.03. The summed E-state index contributed by atoms with van der Waals surface area (Å²) in [4.78, 5) is 24.5. The Kier molecular flexibility index (Phi) is 6.42. The molecule has 5 heteroatoms. The highest BCUT2D eigenvalue weighted by Crippen LogP contribution is 2.24. The van der Waals surface area contributed by atoms with E-state index in [0.717, 1.165) is 4.90 Å². The largest absolute Gasteiger partial charge is 0.490 e. The number of carbonyl (C=O) groups is 2. The van der Waals surface area contributed by atoms with Gasteiger partial charge in [-0.1, -0.05) is 6.07 Å². The van der Waals surface area contributed by atoms with E-state index in [4.69, 9.17) is 9.84 Å². The lowest BCUT2D eigenvalue weighted by Gasteiger charge is -2.13. The molecule has 2 aromatic rings. The summed E-state index contributed by atoms with van der Waals surface area (Å²) >= 11 is 1.62. The molecule has 0 amide bonds. The fraction of sp³-hybridized carbons (Fsp3) is 0.200. The smallest absolute Gasteiger partial charge is 0.335 e. The van der Waals surface area contributed by atoms with Gasteiger partial charge in [0.1, 0.15) is 5.75 Å². The molecule has 0 aromatic heterocycles. The number of benzene rings is 2. The zero-order valence-electron chi connectivity index (χ0n) is 14.4. The maximum absolute atomic E-state index is 12.3. The minimum absolute atomic E-state index is 0.106. The average Bonchev–Trinajstić information content (AvgIpc) is 2.59. The van der Waals surface area contributed by atoms with E-state index in [2.05, 4.69) is 0 Å². The molecule has 0 fully saturated rings. The van der Waals surface area contributed by atoms with Crippen molar-refractivity contribution in [3.05, 3.63) is 65.2 Å². The predicted molar refractivity (Wildman–Crippen MR) is 101 cm³/mol. The molecule has 130 valence electrons. The lowest BCUT2D eigenvalue weighted by atomic mass is 10.1. The van der Waals surface area contributed by atoms with Crippen molar-refractivity contribution >= 4 is 29.6 Å². The second-order valence-electron chi connectivity index (χ2n) is 5.65. The first kappa shape index (κ1) is 18.8. The highest BCUT2D eigenvalue weighted by Gasteiger charge is 2.10. The van der Waals surface area contributed by atoms with Gasteiger partial charge < -0.3 is 9.84 Å². The molecule has 0 spiro atoms. The van der Waals surface area contributed by atoms with Crippen LogP contribution in [0.5, 0.6) is 5.75 Å². The number of thioether (sulfide) groups is 1. The molecule has 0 bridgehead atoms. The molecule has 4 nitrogen and oxygen atoms in total. The molecule has 25 heavy (non-hydrogen) atoms. The number of allylic oxidation sites excluding steroid dienone is 1. The van der Waals surface area contributed by atoms with Crippen molar-refractivity contribution in [2.75, 3.05) is 6.26 Å². The summed E-state index contributed by atoms with van der Waals surface area (Å²) < 4.78 is 5.68. The fourth-order valence-electron chi connectivity index (χ4n) is 2.18. The quantitative estimate of drug-likeness (QED) is 0.439. The Bertz CT molecular complexity index is 792. The summed E-state index contributed by atoms with van der Waals surface area (Å²) in [5.74, 6) is -0.698. The molecular formula is C20H20O4S. The van der Waals surface area contributed by atoms with E-state index in [1.165, 1.54) is 18.2 Å². The first-order chi connectivity index (χ1) is 11.9. The van der Waals surface area contributed by atoms with Crippen molar-refractivity contribution in [2.45, 2.75) is 24.8 Å². The number of carbonyl (C=O) groups excluding carboxylic acids is 1. The Morgan fingerprint density at radius 2 is 1.72 bits per heavy atom. The Balaban J connectivity index is 2.26. The van der Waals surface area contributed by atoms with E-state index in [0.29, 0.717) is 16.9 Å². The second-order valence-corrected chi connectivity index (χ2v) is 6.53. The van der Waals surface area contributed by atoms with Crippen LogP contribution in [-0.4, -0.2) is 29.2 Å². The molecule has 0 heterocycles. The predicted octanol–water partition coefficient (Wildman–Crippen LogP) is 4.79. The van der Waals surface area contributed by atoms with Gasteiger partial charge in [0.25, 0.3) is 0 Å². The SMILES string of the molecule is CSc1ccc(C(=O)/C=C/c2ccc(C(=O)O)cc2OC(C)C)cc1. The summed E-state index contributed by atoms with van der Waals surface area (Å²) in [6.45, 7) is 3.72. The Morgan fingerprint density at radius 3 is 2.28 bits per heavy atom. The zero-order valence-corrected chi connectivity index (χ0v) is 15.2. The maximum atomic E-state index is 12.3. The lowest BCUT2D eigenvalue weighted by Crippen LogP contribution is -2.08. The maximum Gasteiger partial charge on any atom is 0.335 e. The van der Waals surface area contributed by atoms with Crippen LogP contribution >= 0.6 is 11.8 Å². The van der Waals surface area contributed by atoms with E-state index in [-0.39, 0.29) is 17.5 Å². The van der Waals surface area contributed by atoms with Crippen molar-refractivity contribution < 1.29 is 19.4 Å². The van der Waals surface area contributed by atoms with Crippen LogP contribution in [0.1, 0.15) is 40.1 Å². The topological polar surface area (TPSA) is 63.6 Å². The highest BCUT2D eigenvalue weighted by molar-refractivity contribution is 7.98. The van der Waals surface area contributed by atoms with E-state index in [1.54, 1.807) is 36.0 Å². The van der Waals surface area contributed by atoms with E-state index >= 15 is 0 Å². The third kappa shape index (κ3) is 5.22. The summed E-state index contributed by atoms with van der Waals surface area (Å²) in [5, 5.41) is 9.11. The van der Waals surface area contributed by atoms with Crippen LogP contribution in [0.15, 0.2) is 53.4 Å². The van der Waals surface area contributed by atoms with Crippen molar-refractivity contribution in [3.63, 3.8) is 0 Å². The van der Waals surface area contributed by atoms with Gasteiger partial charge >= 0.3 is 5.97 Å². The van der Waals surface area contributed by atoms with Crippen molar-refractivity contribution in [3.8, 4) is 5.75 Å². The van der Waals surface area contributed by atoms with Crippen LogP contribution in [0.3, 0.4) is 0 Å².